The van der Waals surface area contributed by atoms with Crippen LogP contribution in [0.2, 0.25) is 0 Å². The number of ether oxygens (including phenoxy) is 1. The standard InChI is InChI=1S/C10H17N5O3/c1-6(9(16)11-4-5-18-3)12-10(17)8-13-7(2)14-15-8/h6H,4-5H2,1-3H3,(H,11,16)(H,12,17)(H,13,14,15). The first-order chi connectivity index (χ1) is 8.54. The van der Waals surface area contributed by atoms with Gasteiger partial charge in [0.15, 0.2) is 0 Å². The van der Waals surface area contributed by atoms with E-state index >= 15 is 0 Å². The Balaban J connectivity index is 2.41. The van der Waals surface area contributed by atoms with Gasteiger partial charge in [-0.05, 0) is 13.8 Å². The summed E-state index contributed by atoms with van der Waals surface area (Å²) < 4.78 is 4.80. The molecule has 100 valence electrons. The lowest BCUT2D eigenvalue weighted by molar-refractivity contribution is -0.122. The summed E-state index contributed by atoms with van der Waals surface area (Å²) in [6.07, 6.45) is 0. The number of aromatic nitrogens is 3. The summed E-state index contributed by atoms with van der Waals surface area (Å²) in [6.45, 7) is 4.09. The number of hydrogen-bond donors (Lipinski definition) is 3. The first-order valence-corrected chi connectivity index (χ1v) is 5.51. The summed E-state index contributed by atoms with van der Waals surface area (Å²) >= 11 is 0. The van der Waals surface area contributed by atoms with E-state index in [-0.39, 0.29) is 11.7 Å². The van der Waals surface area contributed by atoms with Crippen molar-refractivity contribution < 1.29 is 14.3 Å². The quantitative estimate of drug-likeness (QED) is 0.564. The number of methoxy groups -OCH3 is 1. The number of hydrogen-bond acceptors (Lipinski definition) is 5. The van der Waals surface area contributed by atoms with Crippen LogP contribution >= 0.6 is 0 Å². The van der Waals surface area contributed by atoms with Gasteiger partial charge in [-0.15, -0.1) is 5.10 Å². The van der Waals surface area contributed by atoms with Crippen LogP contribution in [0, 0.1) is 6.92 Å². The van der Waals surface area contributed by atoms with Crippen LogP contribution in [0.3, 0.4) is 0 Å². The van der Waals surface area contributed by atoms with Gasteiger partial charge in [-0.3, -0.25) is 14.7 Å². The zero-order valence-electron chi connectivity index (χ0n) is 10.6. The summed E-state index contributed by atoms with van der Waals surface area (Å²) in [6, 6.07) is -0.659. The second-order valence-corrected chi connectivity index (χ2v) is 3.72. The van der Waals surface area contributed by atoms with Crippen LogP contribution < -0.4 is 10.6 Å². The fraction of sp³-hybridized carbons (Fsp3) is 0.600. The van der Waals surface area contributed by atoms with E-state index in [1.165, 1.54) is 0 Å². The molecular formula is C10H17N5O3. The van der Waals surface area contributed by atoms with E-state index in [0.717, 1.165) is 0 Å². The Hall–Kier alpha value is -1.96. The lowest BCUT2D eigenvalue weighted by atomic mass is 10.3. The van der Waals surface area contributed by atoms with Crippen molar-refractivity contribution in [3.05, 3.63) is 11.6 Å². The van der Waals surface area contributed by atoms with Crippen molar-refractivity contribution in [2.45, 2.75) is 19.9 Å². The van der Waals surface area contributed by atoms with Crippen LogP contribution in [0.4, 0.5) is 0 Å². The van der Waals surface area contributed by atoms with Gasteiger partial charge >= 0.3 is 0 Å². The minimum Gasteiger partial charge on any atom is -0.383 e. The van der Waals surface area contributed by atoms with E-state index in [1.807, 2.05) is 0 Å². The van der Waals surface area contributed by atoms with Crippen molar-refractivity contribution >= 4 is 11.8 Å². The fourth-order valence-electron chi connectivity index (χ4n) is 1.20. The smallest absolute Gasteiger partial charge is 0.291 e. The molecule has 0 aliphatic rings. The minimum absolute atomic E-state index is 0.0176. The number of nitrogens with zero attached hydrogens (tertiary/aromatic N) is 2. The Morgan fingerprint density at radius 2 is 2.22 bits per heavy atom. The number of amides is 2. The number of nitrogens with one attached hydrogen (secondary N) is 3. The molecule has 8 nitrogen and oxygen atoms in total. The number of carbonyl (C=O) groups excluding carboxylic acids is 2. The Morgan fingerprint density at radius 3 is 2.78 bits per heavy atom. The van der Waals surface area contributed by atoms with Gasteiger partial charge in [0.05, 0.1) is 6.61 Å². The van der Waals surface area contributed by atoms with Crippen molar-refractivity contribution in [1.82, 2.24) is 25.8 Å². The molecule has 0 aromatic carbocycles. The SMILES string of the molecule is COCCNC(=O)C(C)NC(=O)c1n[nH]c(C)n1. The predicted octanol–water partition coefficient (Wildman–Crippen LogP) is -1.01. The molecule has 1 rings (SSSR count). The van der Waals surface area contributed by atoms with Crippen LogP contribution in [0.5, 0.6) is 0 Å². The normalized spacial score (nSPS) is 11.9. The molecule has 1 atom stereocenters. The van der Waals surface area contributed by atoms with Gasteiger partial charge in [0.2, 0.25) is 11.7 Å². The molecule has 0 radical (unpaired) electrons. The Morgan fingerprint density at radius 1 is 1.50 bits per heavy atom. The van der Waals surface area contributed by atoms with Crippen LogP contribution in [-0.4, -0.2) is 53.3 Å². The minimum atomic E-state index is -0.659. The molecule has 1 aromatic rings. The summed E-state index contributed by atoms with van der Waals surface area (Å²) in [5.41, 5.74) is 0. The van der Waals surface area contributed by atoms with Gasteiger partial charge in [0.25, 0.3) is 5.91 Å². The third kappa shape index (κ3) is 4.13. The molecule has 0 spiro atoms. The molecule has 0 aliphatic heterocycles. The zero-order valence-corrected chi connectivity index (χ0v) is 10.6. The first kappa shape index (κ1) is 14.1. The van der Waals surface area contributed by atoms with Gasteiger partial charge in [-0.2, -0.15) is 0 Å². The first-order valence-electron chi connectivity index (χ1n) is 5.51. The molecule has 0 saturated heterocycles. The highest BCUT2D eigenvalue weighted by Gasteiger charge is 2.18. The molecule has 18 heavy (non-hydrogen) atoms. The Bertz CT molecular complexity index is 417. The number of aryl methyl sites for hydroxylation is 1. The third-order valence-corrected chi connectivity index (χ3v) is 2.15. The molecule has 8 heteroatoms. The van der Waals surface area contributed by atoms with E-state index in [2.05, 4.69) is 25.8 Å². The molecule has 3 N–H and O–H groups in total. The summed E-state index contributed by atoms with van der Waals surface area (Å²) in [7, 11) is 1.54. The molecule has 0 saturated carbocycles. The van der Waals surface area contributed by atoms with E-state index < -0.39 is 11.9 Å². The van der Waals surface area contributed by atoms with Gasteiger partial charge < -0.3 is 15.4 Å². The maximum absolute atomic E-state index is 11.6. The van der Waals surface area contributed by atoms with E-state index in [1.54, 1.807) is 21.0 Å². The maximum Gasteiger partial charge on any atom is 0.291 e. The number of H-pyrrole nitrogens is 1. The van der Waals surface area contributed by atoms with Gasteiger partial charge in [0.1, 0.15) is 11.9 Å². The van der Waals surface area contributed by atoms with E-state index in [0.29, 0.717) is 19.0 Å². The van der Waals surface area contributed by atoms with Crippen LogP contribution in [-0.2, 0) is 9.53 Å². The number of rotatable bonds is 6. The maximum atomic E-state index is 11.6. The second kappa shape index (κ2) is 6.70. The summed E-state index contributed by atoms with van der Waals surface area (Å²) in [5, 5.41) is 11.4. The fourth-order valence-corrected chi connectivity index (χ4v) is 1.20. The van der Waals surface area contributed by atoms with Gasteiger partial charge in [-0.1, -0.05) is 0 Å². The highest BCUT2D eigenvalue weighted by molar-refractivity contribution is 5.94. The van der Waals surface area contributed by atoms with Gasteiger partial charge in [0, 0.05) is 13.7 Å². The summed E-state index contributed by atoms with van der Waals surface area (Å²) in [5.74, 6) is -0.220. The van der Waals surface area contributed by atoms with E-state index in [9.17, 15) is 9.59 Å². The second-order valence-electron chi connectivity index (χ2n) is 3.72. The van der Waals surface area contributed by atoms with E-state index in [4.69, 9.17) is 4.74 Å². The molecule has 0 aliphatic carbocycles. The molecule has 0 fully saturated rings. The lowest BCUT2D eigenvalue weighted by Gasteiger charge is -2.12. The topological polar surface area (TPSA) is 109 Å². The molecule has 1 aromatic heterocycles. The van der Waals surface area contributed by atoms with Crippen molar-refractivity contribution in [3.63, 3.8) is 0 Å². The highest BCUT2D eigenvalue weighted by Crippen LogP contribution is 1.92. The predicted molar refractivity (Wildman–Crippen MR) is 62.9 cm³/mol. The van der Waals surface area contributed by atoms with Gasteiger partial charge in [-0.25, -0.2) is 4.98 Å². The third-order valence-electron chi connectivity index (χ3n) is 2.15. The van der Waals surface area contributed by atoms with Crippen LogP contribution in [0.15, 0.2) is 0 Å². The van der Waals surface area contributed by atoms with Crippen molar-refractivity contribution in [1.29, 1.82) is 0 Å². The average Bonchev–Trinajstić information content (AvgIpc) is 2.76. The van der Waals surface area contributed by atoms with Crippen LogP contribution in [0.1, 0.15) is 23.4 Å². The Labute approximate surface area is 105 Å². The highest BCUT2D eigenvalue weighted by atomic mass is 16.5. The zero-order chi connectivity index (χ0) is 13.5. The molecule has 2 amide bonds. The lowest BCUT2D eigenvalue weighted by Crippen LogP contribution is -2.45. The molecule has 1 heterocycles. The van der Waals surface area contributed by atoms with Crippen molar-refractivity contribution in [3.8, 4) is 0 Å². The Kier molecular flexibility index (Phi) is 5.25. The summed E-state index contributed by atoms with van der Waals surface area (Å²) in [4.78, 5) is 27.1. The molecule has 1 unspecified atom stereocenters. The van der Waals surface area contributed by atoms with Crippen molar-refractivity contribution in [2.24, 2.45) is 0 Å². The largest absolute Gasteiger partial charge is 0.383 e. The van der Waals surface area contributed by atoms with Crippen LogP contribution in [0.25, 0.3) is 0 Å². The molecule has 0 bridgehead atoms. The molecular weight excluding hydrogens is 238 g/mol. The monoisotopic (exact) mass is 255 g/mol. The number of aromatic amines is 1. The van der Waals surface area contributed by atoms with Crippen molar-refractivity contribution in [2.75, 3.05) is 20.3 Å². The number of carbonyl (C=O) groups is 2. The average molecular weight is 255 g/mol.